The third-order valence-electron chi connectivity index (χ3n) is 1.98. The lowest BCUT2D eigenvalue weighted by Crippen LogP contribution is -2.37. The Morgan fingerprint density at radius 3 is 2.41 bits per heavy atom. The summed E-state index contributed by atoms with van der Waals surface area (Å²) in [5.41, 5.74) is 0. The normalized spacial score (nSPS) is 12.6. The predicted octanol–water partition coefficient (Wildman–Crippen LogP) is 0.946. The zero-order chi connectivity index (χ0) is 12.9. The monoisotopic (exact) mass is 244 g/mol. The molecule has 0 aliphatic carbocycles. The Bertz CT molecular complexity index is 204. The molecule has 1 unspecified atom stereocenters. The third kappa shape index (κ3) is 11.6. The zero-order valence-electron chi connectivity index (χ0n) is 11.1. The number of methoxy groups -OCH3 is 1. The van der Waals surface area contributed by atoms with Crippen LogP contribution in [0.3, 0.4) is 0 Å². The second-order valence-electron chi connectivity index (χ2n) is 4.04. The van der Waals surface area contributed by atoms with Crippen molar-refractivity contribution in [2.45, 2.75) is 32.4 Å². The van der Waals surface area contributed by atoms with Gasteiger partial charge in [0.25, 0.3) is 0 Å². The van der Waals surface area contributed by atoms with Crippen LogP contribution in [0.5, 0.6) is 0 Å². The Hall–Kier alpha value is -0.670. The van der Waals surface area contributed by atoms with Crippen molar-refractivity contribution in [1.82, 2.24) is 5.32 Å². The van der Waals surface area contributed by atoms with Gasteiger partial charge in [0.15, 0.2) is 0 Å². The van der Waals surface area contributed by atoms with E-state index in [-0.39, 0.29) is 12.1 Å². The highest BCUT2D eigenvalue weighted by atomic mass is 16.5. The van der Waals surface area contributed by atoms with E-state index >= 15 is 0 Å². The van der Waals surface area contributed by atoms with Gasteiger partial charge in [0.2, 0.25) is 0 Å². The van der Waals surface area contributed by atoms with Gasteiger partial charge in [-0.2, -0.15) is 5.26 Å². The summed E-state index contributed by atoms with van der Waals surface area (Å²) >= 11 is 0. The smallest absolute Gasteiger partial charge is 0.119 e. The maximum atomic E-state index is 8.84. The fourth-order valence-electron chi connectivity index (χ4n) is 1.25. The number of rotatable bonds is 11. The van der Waals surface area contributed by atoms with Crippen molar-refractivity contribution in [2.24, 2.45) is 0 Å². The van der Waals surface area contributed by atoms with Crippen LogP contribution in [-0.4, -0.2) is 52.2 Å². The minimum Gasteiger partial charge on any atom is -0.385 e. The van der Waals surface area contributed by atoms with Crippen LogP contribution in [0.25, 0.3) is 0 Å². The first-order valence-electron chi connectivity index (χ1n) is 6.00. The summed E-state index contributed by atoms with van der Waals surface area (Å²) < 4.78 is 15.6. The molecule has 0 saturated heterocycles. The van der Waals surface area contributed by atoms with E-state index in [9.17, 15) is 0 Å². The lowest BCUT2D eigenvalue weighted by molar-refractivity contribution is 0.0361. The van der Waals surface area contributed by atoms with Gasteiger partial charge in [-0.05, 0) is 20.3 Å². The fraction of sp³-hybridized carbons (Fsp3) is 0.917. The standard InChI is InChI=1S/C12H24N2O3/c1-11(2)14-12(9-13)10-17-8-7-16-6-4-5-15-3/h11-12,14H,4-8,10H2,1-3H3. The highest BCUT2D eigenvalue weighted by Gasteiger charge is 2.07. The van der Waals surface area contributed by atoms with E-state index in [1.54, 1.807) is 7.11 Å². The van der Waals surface area contributed by atoms with Gasteiger partial charge >= 0.3 is 0 Å². The summed E-state index contributed by atoms with van der Waals surface area (Å²) in [4.78, 5) is 0. The van der Waals surface area contributed by atoms with E-state index in [2.05, 4.69) is 11.4 Å². The molecule has 0 rings (SSSR count). The maximum absolute atomic E-state index is 8.84. The predicted molar refractivity (Wildman–Crippen MR) is 65.8 cm³/mol. The SMILES string of the molecule is COCCCOCCOCC(C#N)NC(C)C. The van der Waals surface area contributed by atoms with Gasteiger partial charge < -0.3 is 14.2 Å². The molecule has 5 heteroatoms. The molecule has 0 aliphatic heterocycles. The summed E-state index contributed by atoms with van der Waals surface area (Å²) in [5, 5.41) is 11.9. The van der Waals surface area contributed by atoms with E-state index in [1.165, 1.54) is 0 Å². The molecule has 0 aliphatic rings. The first-order valence-corrected chi connectivity index (χ1v) is 6.00. The van der Waals surface area contributed by atoms with Gasteiger partial charge in [0, 0.05) is 26.4 Å². The first-order chi connectivity index (χ1) is 8.20. The van der Waals surface area contributed by atoms with E-state index in [4.69, 9.17) is 19.5 Å². The Labute approximate surface area is 104 Å². The van der Waals surface area contributed by atoms with Crippen molar-refractivity contribution in [2.75, 3.05) is 40.1 Å². The van der Waals surface area contributed by atoms with Crippen LogP contribution < -0.4 is 5.32 Å². The summed E-state index contributed by atoms with van der Waals surface area (Å²) in [6, 6.07) is 2.20. The molecule has 17 heavy (non-hydrogen) atoms. The Kier molecular flexibility index (Phi) is 11.3. The molecule has 5 nitrogen and oxygen atoms in total. The molecule has 0 bridgehead atoms. The number of hydrogen-bond acceptors (Lipinski definition) is 5. The summed E-state index contributed by atoms with van der Waals surface area (Å²) in [6.45, 7) is 6.88. The fourth-order valence-corrected chi connectivity index (χ4v) is 1.25. The second-order valence-corrected chi connectivity index (χ2v) is 4.04. The molecule has 0 amide bonds. The van der Waals surface area contributed by atoms with Crippen LogP contribution in [0.4, 0.5) is 0 Å². The average Bonchev–Trinajstić information content (AvgIpc) is 2.30. The number of nitrogens with zero attached hydrogens (tertiary/aromatic N) is 1. The number of ether oxygens (including phenoxy) is 3. The highest BCUT2D eigenvalue weighted by molar-refractivity contribution is 4.90. The molecule has 100 valence electrons. The topological polar surface area (TPSA) is 63.5 Å². The van der Waals surface area contributed by atoms with Crippen molar-refractivity contribution in [3.63, 3.8) is 0 Å². The molecule has 1 atom stereocenters. The second kappa shape index (κ2) is 11.8. The molecular weight excluding hydrogens is 220 g/mol. The lowest BCUT2D eigenvalue weighted by atomic mass is 10.3. The third-order valence-corrected chi connectivity index (χ3v) is 1.98. The van der Waals surface area contributed by atoms with Gasteiger partial charge in [0.05, 0.1) is 25.9 Å². The largest absolute Gasteiger partial charge is 0.385 e. The van der Waals surface area contributed by atoms with Gasteiger partial charge in [0.1, 0.15) is 6.04 Å². The van der Waals surface area contributed by atoms with Crippen LogP contribution in [0.2, 0.25) is 0 Å². The van der Waals surface area contributed by atoms with E-state index in [0.29, 0.717) is 26.4 Å². The van der Waals surface area contributed by atoms with Gasteiger partial charge in [-0.25, -0.2) is 0 Å². The number of hydrogen-bond donors (Lipinski definition) is 1. The summed E-state index contributed by atoms with van der Waals surface area (Å²) in [5.74, 6) is 0. The molecule has 0 aromatic carbocycles. The van der Waals surface area contributed by atoms with E-state index in [1.807, 2.05) is 13.8 Å². The highest BCUT2D eigenvalue weighted by Crippen LogP contribution is 1.89. The quantitative estimate of drug-likeness (QED) is 0.548. The molecule has 1 N–H and O–H groups in total. The van der Waals surface area contributed by atoms with E-state index in [0.717, 1.165) is 13.0 Å². The molecule has 0 radical (unpaired) electrons. The lowest BCUT2D eigenvalue weighted by Gasteiger charge is -2.14. The maximum Gasteiger partial charge on any atom is 0.119 e. The molecule has 0 heterocycles. The van der Waals surface area contributed by atoms with Crippen LogP contribution in [0.1, 0.15) is 20.3 Å². The molecule has 0 saturated carbocycles. The van der Waals surface area contributed by atoms with Gasteiger partial charge in [-0.15, -0.1) is 0 Å². The van der Waals surface area contributed by atoms with Crippen molar-refractivity contribution < 1.29 is 14.2 Å². The van der Waals surface area contributed by atoms with Crippen molar-refractivity contribution in [3.05, 3.63) is 0 Å². The van der Waals surface area contributed by atoms with Crippen LogP contribution >= 0.6 is 0 Å². The van der Waals surface area contributed by atoms with Gasteiger partial charge in [-0.1, -0.05) is 0 Å². The Morgan fingerprint density at radius 2 is 1.82 bits per heavy atom. The Morgan fingerprint density at radius 1 is 1.12 bits per heavy atom. The van der Waals surface area contributed by atoms with Crippen LogP contribution in [0, 0.1) is 11.3 Å². The molecule has 0 aromatic heterocycles. The van der Waals surface area contributed by atoms with Crippen LogP contribution in [-0.2, 0) is 14.2 Å². The molecule has 0 fully saturated rings. The molecule has 0 aromatic rings. The van der Waals surface area contributed by atoms with E-state index < -0.39 is 0 Å². The van der Waals surface area contributed by atoms with Gasteiger partial charge in [-0.3, -0.25) is 5.32 Å². The van der Waals surface area contributed by atoms with Crippen molar-refractivity contribution in [1.29, 1.82) is 5.26 Å². The minimum atomic E-state index is -0.247. The summed E-state index contributed by atoms with van der Waals surface area (Å²) in [6.07, 6.45) is 0.895. The number of nitriles is 1. The Balaban J connectivity index is 3.29. The molecular formula is C12H24N2O3. The summed E-state index contributed by atoms with van der Waals surface area (Å²) in [7, 11) is 1.67. The zero-order valence-corrected chi connectivity index (χ0v) is 11.1. The molecule has 0 spiro atoms. The minimum absolute atomic E-state index is 0.247. The van der Waals surface area contributed by atoms with Crippen molar-refractivity contribution >= 4 is 0 Å². The average molecular weight is 244 g/mol. The number of nitrogens with one attached hydrogen (secondary N) is 1. The van der Waals surface area contributed by atoms with Crippen LogP contribution in [0.15, 0.2) is 0 Å². The van der Waals surface area contributed by atoms with Crippen molar-refractivity contribution in [3.8, 4) is 6.07 Å². The first kappa shape index (κ1) is 16.3.